The second-order valence-corrected chi connectivity index (χ2v) is 5.53. The molecule has 0 unspecified atom stereocenters. The molecule has 14 heavy (non-hydrogen) atoms. The van der Waals surface area contributed by atoms with Crippen LogP contribution in [0.2, 0.25) is 0 Å². The molecule has 0 aromatic carbocycles. The van der Waals surface area contributed by atoms with Crippen LogP contribution in [0.15, 0.2) is 12.4 Å². The van der Waals surface area contributed by atoms with Crippen molar-refractivity contribution in [2.45, 2.75) is 6.42 Å². The van der Waals surface area contributed by atoms with Crippen molar-refractivity contribution in [3.05, 3.63) is 12.4 Å². The lowest BCUT2D eigenvalue weighted by Gasteiger charge is -2.04. The van der Waals surface area contributed by atoms with Gasteiger partial charge in [-0.2, -0.15) is 0 Å². The number of aromatic nitrogens is 2. The standard InChI is InChI=1S/C8H15N3O2S/c1-11-6-5-10-8(11)9-4-3-7-14(2,12)13/h5-6H,3-4,7H2,1-2H3,(H,9,10). The van der Waals surface area contributed by atoms with Gasteiger partial charge < -0.3 is 9.88 Å². The number of hydrogen-bond donors (Lipinski definition) is 1. The molecule has 1 aromatic rings. The molecule has 1 heterocycles. The molecule has 0 saturated heterocycles. The second kappa shape index (κ2) is 4.45. The maximum atomic E-state index is 10.8. The van der Waals surface area contributed by atoms with E-state index in [0.29, 0.717) is 13.0 Å². The van der Waals surface area contributed by atoms with Crippen molar-refractivity contribution < 1.29 is 8.42 Å². The summed E-state index contributed by atoms with van der Waals surface area (Å²) in [5.74, 6) is 0.975. The number of rotatable bonds is 5. The molecule has 0 aliphatic rings. The summed E-state index contributed by atoms with van der Waals surface area (Å²) in [5, 5.41) is 3.05. The number of imidazole rings is 1. The van der Waals surface area contributed by atoms with Crippen LogP contribution in [0.3, 0.4) is 0 Å². The first-order chi connectivity index (χ1) is 6.49. The normalized spacial score (nSPS) is 11.6. The molecule has 1 N–H and O–H groups in total. The van der Waals surface area contributed by atoms with E-state index < -0.39 is 9.84 Å². The summed E-state index contributed by atoms with van der Waals surface area (Å²) in [6.45, 7) is 0.623. The Morgan fingerprint density at radius 1 is 1.57 bits per heavy atom. The highest BCUT2D eigenvalue weighted by Gasteiger charge is 2.02. The van der Waals surface area contributed by atoms with Gasteiger partial charge in [0, 0.05) is 32.2 Å². The second-order valence-electron chi connectivity index (χ2n) is 3.27. The molecule has 0 radical (unpaired) electrons. The van der Waals surface area contributed by atoms with Crippen LogP contribution in [0.4, 0.5) is 5.95 Å². The Morgan fingerprint density at radius 3 is 2.79 bits per heavy atom. The lowest BCUT2D eigenvalue weighted by molar-refractivity contribution is 0.600. The fraction of sp³-hybridized carbons (Fsp3) is 0.625. The first-order valence-electron chi connectivity index (χ1n) is 4.38. The van der Waals surface area contributed by atoms with Gasteiger partial charge in [-0.25, -0.2) is 13.4 Å². The molecular formula is C8H15N3O2S. The van der Waals surface area contributed by atoms with E-state index in [1.807, 2.05) is 17.8 Å². The van der Waals surface area contributed by atoms with Crippen molar-refractivity contribution in [1.29, 1.82) is 0 Å². The molecule has 0 aliphatic carbocycles. The molecule has 0 spiro atoms. The summed E-state index contributed by atoms with van der Waals surface area (Å²) in [6, 6.07) is 0. The van der Waals surface area contributed by atoms with E-state index in [-0.39, 0.29) is 5.75 Å². The Kier molecular flexibility index (Phi) is 3.51. The van der Waals surface area contributed by atoms with E-state index in [4.69, 9.17) is 0 Å². The summed E-state index contributed by atoms with van der Waals surface area (Å²) in [5.41, 5.74) is 0. The summed E-state index contributed by atoms with van der Waals surface area (Å²) >= 11 is 0. The molecule has 0 atom stereocenters. The van der Waals surface area contributed by atoms with E-state index in [2.05, 4.69) is 10.3 Å². The highest BCUT2D eigenvalue weighted by molar-refractivity contribution is 7.90. The first kappa shape index (κ1) is 11.0. The Bertz CT molecular complexity index is 383. The summed E-state index contributed by atoms with van der Waals surface area (Å²) < 4.78 is 23.5. The molecule has 6 heteroatoms. The number of aryl methyl sites for hydroxylation is 1. The number of hydrogen-bond acceptors (Lipinski definition) is 4. The zero-order chi connectivity index (χ0) is 10.6. The zero-order valence-corrected chi connectivity index (χ0v) is 9.21. The van der Waals surface area contributed by atoms with E-state index in [1.54, 1.807) is 6.20 Å². The zero-order valence-electron chi connectivity index (χ0n) is 8.40. The van der Waals surface area contributed by atoms with Crippen molar-refractivity contribution in [3.63, 3.8) is 0 Å². The van der Waals surface area contributed by atoms with Crippen LogP contribution in [0.5, 0.6) is 0 Å². The van der Waals surface area contributed by atoms with Crippen molar-refractivity contribution in [3.8, 4) is 0 Å². The van der Waals surface area contributed by atoms with E-state index in [0.717, 1.165) is 5.95 Å². The molecular weight excluding hydrogens is 202 g/mol. The molecule has 1 rings (SSSR count). The molecule has 0 fully saturated rings. The topological polar surface area (TPSA) is 64.0 Å². The van der Waals surface area contributed by atoms with Crippen LogP contribution in [-0.2, 0) is 16.9 Å². The fourth-order valence-electron chi connectivity index (χ4n) is 1.07. The Hall–Kier alpha value is -1.04. The summed E-state index contributed by atoms with van der Waals surface area (Å²) in [6.07, 6.45) is 5.37. The van der Waals surface area contributed by atoms with Gasteiger partial charge in [-0.05, 0) is 6.42 Å². The monoisotopic (exact) mass is 217 g/mol. The third-order valence-electron chi connectivity index (χ3n) is 1.80. The van der Waals surface area contributed by atoms with Gasteiger partial charge in [0.2, 0.25) is 5.95 Å². The fourth-order valence-corrected chi connectivity index (χ4v) is 1.74. The number of anilines is 1. The van der Waals surface area contributed by atoms with E-state index in [1.165, 1.54) is 6.26 Å². The Labute approximate surface area is 84.1 Å². The average molecular weight is 217 g/mol. The van der Waals surface area contributed by atoms with Crippen molar-refractivity contribution in [2.75, 3.05) is 23.9 Å². The number of sulfone groups is 1. The van der Waals surface area contributed by atoms with Gasteiger partial charge in [-0.15, -0.1) is 0 Å². The van der Waals surface area contributed by atoms with Gasteiger partial charge in [0.1, 0.15) is 9.84 Å². The van der Waals surface area contributed by atoms with Crippen molar-refractivity contribution in [1.82, 2.24) is 9.55 Å². The minimum atomic E-state index is -2.84. The predicted octanol–water partition coefficient (Wildman–Crippen LogP) is 0.267. The molecule has 0 bridgehead atoms. The van der Waals surface area contributed by atoms with Crippen LogP contribution >= 0.6 is 0 Å². The molecule has 80 valence electrons. The average Bonchev–Trinajstić information content (AvgIpc) is 2.44. The molecule has 0 aliphatic heterocycles. The van der Waals surface area contributed by atoms with Gasteiger partial charge >= 0.3 is 0 Å². The number of nitrogens with one attached hydrogen (secondary N) is 1. The molecule has 0 saturated carbocycles. The van der Waals surface area contributed by atoms with Gasteiger partial charge in [-0.1, -0.05) is 0 Å². The minimum Gasteiger partial charge on any atom is -0.356 e. The van der Waals surface area contributed by atoms with Crippen LogP contribution in [0.1, 0.15) is 6.42 Å². The van der Waals surface area contributed by atoms with Gasteiger partial charge in [0.05, 0.1) is 5.75 Å². The lowest BCUT2D eigenvalue weighted by atomic mass is 10.5. The van der Waals surface area contributed by atoms with E-state index in [9.17, 15) is 8.42 Å². The van der Waals surface area contributed by atoms with E-state index >= 15 is 0 Å². The van der Waals surface area contributed by atoms with Gasteiger partial charge in [0.25, 0.3) is 0 Å². The smallest absolute Gasteiger partial charge is 0.202 e. The van der Waals surface area contributed by atoms with Gasteiger partial charge in [-0.3, -0.25) is 0 Å². The van der Waals surface area contributed by atoms with Crippen molar-refractivity contribution in [2.24, 2.45) is 7.05 Å². The van der Waals surface area contributed by atoms with Crippen LogP contribution in [-0.4, -0.2) is 36.5 Å². The van der Waals surface area contributed by atoms with Crippen LogP contribution < -0.4 is 5.32 Å². The lowest BCUT2D eigenvalue weighted by Crippen LogP contribution is -2.11. The first-order valence-corrected chi connectivity index (χ1v) is 6.44. The van der Waals surface area contributed by atoms with Crippen LogP contribution in [0.25, 0.3) is 0 Å². The summed E-state index contributed by atoms with van der Waals surface area (Å²) in [7, 11) is -0.962. The van der Waals surface area contributed by atoms with Gasteiger partial charge in [0.15, 0.2) is 0 Å². The minimum absolute atomic E-state index is 0.213. The third kappa shape index (κ3) is 3.78. The summed E-state index contributed by atoms with van der Waals surface area (Å²) in [4.78, 5) is 4.05. The number of nitrogens with zero attached hydrogens (tertiary/aromatic N) is 2. The molecule has 5 nitrogen and oxygen atoms in total. The largest absolute Gasteiger partial charge is 0.356 e. The Balaban J connectivity index is 2.26. The SMILES string of the molecule is Cn1ccnc1NCCCS(C)(=O)=O. The van der Waals surface area contributed by atoms with Crippen LogP contribution in [0, 0.1) is 0 Å². The van der Waals surface area contributed by atoms with Crippen molar-refractivity contribution >= 4 is 15.8 Å². The maximum Gasteiger partial charge on any atom is 0.202 e. The highest BCUT2D eigenvalue weighted by atomic mass is 32.2. The third-order valence-corrected chi connectivity index (χ3v) is 2.83. The quantitative estimate of drug-likeness (QED) is 0.719. The predicted molar refractivity (Wildman–Crippen MR) is 56.0 cm³/mol. The molecule has 0 amide bonds. The maximum absolute atomic E-state index is 10.8. The highest BCUT2D eigenvalue weighted by Crippen LogP contribution is 2.00. The Morgan fingerprint density at radius 2 is 2.29 bits per heavy atom. The molecule has 1 aromatic heterocycles.